The number of thiophene rings is 1. The molecule has 1 saturated carbocycles. The second-order valence-corrected chi connectivity index (χ2v) is 10.4. The molecule has 1 aromatic heterocycles. The van der Waals surface area contributed by atoms with Crippen molar-refractivity contribution in [1.29, 1.82) is 0 Å². The molecular weight excluding hydrogens is 524 g/mol. The van der Waals surface area contributed by atoms with Gasteiger partial charge < -0.3 is 20.1 Å². The topological polar surface area (TPSA) is 61.8 Å². The third-order valence-corrected chi connectivity index (χ3v) is 7.87. The van der Waals surface area contributed by atoms with Crippen LogP contribution in [0.5, 0.6) is 0 Å². The molecule has 1 aliphatic heterocycles. The number of hydrogen-bond donors (Lipinski definition) is 2. The van der Waals surface area contributed by atoms with Gasteiger partial charge in [-0.2, -0.15) is 0 Å². The first kappa shape index (κ1) is 24.5. The molecule has 8 heteroatoms. The van der Waals surface area contributed by atoms with Crippen LogP contribution >= 0.6 is 39.9 Å². The average Bonchev–Trinajstić information content (AvgIpc) is 3.07. The molecule has 0 amide bonds. The van der Waals surface area contributed by atoms with E-state index in [0.29, 0.717) is 36.3 Å². The van der Waals surface area contributed by atoms with Crippen LogP contribution in [0.4, 0.5) is 5.69 Å². The molecule has 1 saturated heterocycles. The Hall–Kier alpha value is -1.64. The fourth-order valence-electron chi connectivity index (χ4n) is 4.66. The Morgan fingerprint density at radius 1 is 1.27 bits per heavy atom. The molecule has 5 nitrogen and oxygen atoms in total. The van der Waals surface area contributed by atoms with Gasteiger partial charge in [-0.1, -0.05) is 30.2 Å². The van der Waals surface area contributed by atoms with E-state index in [2.05, 4.69) is 17.1 Å². The summed E-state index contributed by atoms with van der Waals surface area (Å²) >= 11 is 7.85. The summed E-state index contributed by atoms with van der Waals surface area (Å²) in [5.74, 6) is -0.905. The predicted molar refractivity (Wildman–Crippen MR) is 142 cm³/mol. The second-order valence-electron chi connectivity index (χ2n) is 8.69. The van der Waals surface area contributed by atoms with E-state index in [1.165, 1.54) is 19.3 Å². The summed E-state index contributed by atoms with van der Waals surface area (Å²) in [7, 11) is 0. The van der Waals surface area contributed by atoms with Crippen LogP contribution in [0.2, 0.25) is 5.02 Å². The highest BCUT2D eigenvalue weighted by molar-refractivity contribution is 8.93. The van der Waals surface area contributed by atoms with Gasteiger partial charge in [-0.15, -0.1) is 28.3 Å². The quantitative estimate of drug-likeness (QED) is 0.385. The van der Waals surface area contributed by atoms with Gasteiger partial charge in [0.05, 0.1) is 24.0 Å². The highest BCUT2D eigenvalue weighted by Gasteiger charge is 2.26. The number of carbonyl (C=O) groups is 1. The van der Waals surface area contributed by atoms with Crippen molar-refractivity contribution in [1.82, 2.24) is 5.32 Å². The van der Waals surface area contributed by atoms with Gasteiger partial charge in [0, 0.05) is 51.2 Å². The molecule has 2 aliphatic rings. The average molecular weight is 552 g/mol. The van der Waals surface area contributed by atoms with E-state index >= 15 is 0 Å². The van der Waals surface area contributed by atoms with E-state index in [4.69, 9.17) is 16.3 Å². The van der Waals surface area contributed by atoms with Crippen molar-refractivity contribution in [2.45, 2.75) is 38.3 Å². The van der Waals surface area contributed by atoms with E-state index in [1.807, 2.05) is 36.4 Å². The number of halogens is 2. The van der Waals surface area contributed by atoms with Crippen LogP contribution in [0.3, 0.4) is 0 Å². The zero-order valence-corrected chi connectivity index (χ0v) is 21.8. The minimum atomic E-state index is -0.905. The number of hydrogen-bond acceptors (Lipinski definition) is 5. The zero-order valence-electron chi connectivity index (χ0n) is 18.5. The molecule has 33 heavy (non-hydrogen) atoms. The van der Waals surface area contributed by atoms with Crippen LogP contribution in [0.25, 0.3) is 21.2 Å². The van der Waals surface area contributed by atoms with E-state index in [1.54, 1.807) is 11.3 Å². The summed E-state index contributed by atoms with van der Waals surface area (Å²) in [6.07, 6.45) is 3.85. The third-order valence-electron chi connectivity index (χ3n) is 6.56. The highest BCUT2D eigenvalue weighted by atomic mass is 79.9. The van der Waals surface area contributed by atoms with Crippen LogP contribution in [0, 0.1) is 6.92 Å². The lowest BCUT2D eigenvalue weighted by molar-refractivity contribution is 0.0370. The summed E-state index contributed by atoms with van der Waals surface area (Å²) in [4.78, 5) is 15.5. The molecule has 176 valence electrons. The molecule has 0 spiro atoms. The maximum absolute atomic E-state index is 12.2. The van der Waals surface area contributed by atoms with E-state index in [0.717, 1.165) is 38.3 Å². The van der Waals surface area contributed by atoms with Gasteiger partial charge in [-0.3, -0.25) is 0 Å². The van der Waals surface area contributed by atoms with Crippen molar-refractivity contribution in [3.05, 3.63) is 51.9 Å². The molecule has 1 atom stereocenters. The highest BCUT2D eigenvalue weighted by Crippen LogP contribution is 2.40. The zero-order chi connectivity index (χ0) is 22.2. The number of ether oxygens (including phenoxy) is 1. The van der Waals surface area contributed by atoms with Crippen molar-refractivity contribution < 1.29 is 14.6 Å². The Morgan fingerprint density at radius 2 is 2.09 bits per heavy atom. The molecule has 0 bridgehead atoms. The molecule has 0 radical (unpaired) electrons. The number of carboxylic acid groups (broad SMARTS) is 1. The Morgan fingerprint density at radius 3 is 2.82 bits per heavy atom. The summed E-state index contributed by atoms with van der Waals surface area (Å²) in [6, 6.07) is 12.3. The molecule has 2 aromatic carbocycles. The molecular formula is C25H28BrClN2O3S. The van der Waals surface area contributed by atoms with Gasteiger partial charge in [0.1, 0.15) is 0 Å². The van der Waals surface area contributed by atoms with E-state index < -0.39 is 5.97 Å². The Labute approximate surface area is 213 Å². The van der Waals surface area contributed by atoms with Crippen LogP contribution in [0.15, 0.2) is 36.4 Å². The smallest absolute Gasteiger partial charge is 0.337 e. The van der Waals surface area contributed by atoms with Crippen LogP contribution in [0.1, 0.15) is 34.5 Å². The number of rotatable bonds is 6. The number of nitrogens with zero attached hydrogens (tertiary/aromatic N) is 1. The minimum Gasteiger partial charge on any atom is -0.478 e. The number of aryl methyl sites for hydroxylation is 1. The standard InChI is InChI=1S/C25H27ClN2O3S.BrH/c1-15-24(20-7-6-17(26)12-23(20)32-15)16-5-8-22(21(11-16)25(29)30)28-9-10-31-19(14-28)13-27-18-3-2-4-18;/h5-8,11-12,18-19,27H,2-4,9-10,13-14H2,1H3,(H,29,30);1H/t19-;/m0./s1. The third kappa shape index (κ3) is 5.08. The van der Waals surface area contributed by atoms with Gasteiger partial charge >= 0.3 is 5.97 Å². The summed E-state index contributed by atoms with van der Waals surface area (Å²) < 4.78 is 7.06. The molecule has 2 fully saturated rings. The first-order valence-electron chi connectivity index (χ1n) is 11.2. The fraction of sp³-hybridized carbons (Fsp3) is 0.400. The van der Waals surface area contributed by atoms with Crippen LogP contribution in [-0.4, -0.2) is 49.5 Å². The maximum Gasteiger partial charge on any atom is 0.337 e. The number of carboxylic acids is 1. The minimum absolute atomic E-state index is 0. The number of fused-ring (bicyclic) bond motifs is 1. The first-order valence-corrected chi connectivity index (χ1v) is 12.4. The SMILES string of the molecule is Br.Cc1sc2cc(Cl)ccc2c1-c1ccc(N2CCO[C@@H](CNC3CCC3)C2)c(C(=O)O)c1. The Kier molecular flexibility index (Phi) is 7.66. The number of morpholine rings is 1. The molecule has 3 aromatic rings. The van der Waals surface area contributed by atoms with Crippen molar-refractivity contribution in [3.8, 4) is 11.1 Å². The van der Waals surface area contributed by atoms with Crippen molar-refractivity contribution in [3.63, 3.8) is 0 Å². The normalized spacial score (nSPS) is 18.7. The lowest BCUT2D eigenvalue weighted by Crippen LogP contribution is -2.49. The monoisotopic (exact) mass is 550 g/mol. The van der Waals surface area contributed by atoms with Gasteiger partial charge in [-0.05, 0) is 49.6 Å². The number of anilines is 1. The first-order chi connectivity index (χ1) is 15.5. The molecule has 5 rings (SSSR count). The van der Waals surface area contributed by atoms with Gasteiger partial charge in [0.25, 0.3) is 0 Å². The Balaban J connectivity index is 0.00000259. The summed E-state index contributed by atoms with van der Waals surface area (Å²) in [5, 5.41) is 15.4. The Bertz CT molecular complexity index is 1160. The van der Waals surface area contributed by atoms with E-state index in [-0.39, 0.29) is 23.1 Å². The summed E-state index contributed by atoms with van der Waals surface area (Å²) in [6.45, 7) is 4.87. The number of aromatic carboxylic acids is 1. The lowest BCUT2D eigenvalue weighted by Gasteiger charge is -2.37. The van der Waals surface area contributed by atoms with E-state index in [9.17, 15) is 9.90 Å². The van der Waals surface area contributed by atoms with Gasteiger partial charge in [0.15, 0.2) is 0 Å². The summed E-state index contributed by atoms with van der Waals surface area (Å²) in [5.41, 5.74) is 3.11. The fourth-order valence-corrected chi connectivity index (χ4v) is 6.02. The molecule has 1 aliphatic carbocycles. The molecule has 2 heterocycles. The largest absolute Gasteiger partial charge is 0.478 e. The van der Waals surface area contributed by atoms with Gasteiger partial charge in [0.2, 0.25) is 0 Å². The number of nitrogens with one attached hydrogen (secondary N) is 1. The van der Waals surface area contributed by atoms with Crippen LogP contribution < -0.4 is 10.2 Å². The maximum atomic E-state index is 12.2. The predicted octanol–water partition coefficient (Wildman–Crippen LogP) is 6.15. The number of benzene rings is 2. The van der Waals surface area contributed by atoms with Gasteiger partial charge in [-0.25, -0.2) is 4.79 Å². The molecule has 0 unspecified atom stereocenters. The van der Waals surface area contributed by atoms with Crippen LogP contribution in [-0.2, 0) is 4.74 Å². The molecule has 2 N–H and O–H groups in total. The van der Waals surface area contributed by atoms with Crippen molar-refractivity contribution in [2.75, 3.05) is 31.1 Å². The second kappa shape index (κ2) is 10.3. The lowest BCUT2D eigenvalue weighted by atomic mass is 9.93. The van der Waals surface area contributed by atoms with Crippen molar-refractivity contribution in [2.24, 2.45) is 0 Å². The van der Waals surface area contributed by atoms with Crippen molar-refractivity contribution >= 4 is 61.7 Å².